The number of nitrogens with one attached hydrogen (secondary N) is 1. The number of para-hydroxylation sites is 1. The Morgan fingerprint density at radius 1 is 1.15 bits per heavy atom. The number of nitrogens with zero attached hydrogens (tertiary/aromatic N) is 2. The van der Waals surface area contributed by atoms with Gasteiger partial charge in [-0.25, -0.2) is 4.68 Å². The van der Waals surface area contributed by atoms with Crippen LogP contribution in [-0.4, -0.2) is 28.8 Å². The first-order valence-corrected chi connectivity index (χ1v) is 8.73. The Kier molecular flexibility index (Phi) is 5.37. The van der Waals surface area contributed by atoms with E-state index in [1.165, 1.54) is 0 Å². The lowest BCUT2D eigenvalue weighted by Gasteiger charge is -2.12. The fraction of sp³-hybridized carbons (Fsp3) is 0.238. The van der Waals surface area contributed by atoms with Gasteiger partial charge in [0.1, 0.15) is 11.4 Å². The molecule has 3 rings (SSSR count). The van der Waals surface area contributed by atoms with Gasteiger partial charge in [0.15, 0.2) is 0 Å². The second-order valence-corrected chi connectivity index (χ2v) is 6.18. The highest BCUT2D eigenvalue weighted by atomic mass is 16.5. The molecule has 26 heavy (non-hydrogen) atoms. The molecule has 0 bridgehead atoms. The van der Waals surface area contributed by atoms with Crippen molar-refractivity contribution in [2.45, 2.75) is 26.3 Å². The largest absolute Gasteiger partial charge is 0.497 e. The van der Waals surface area contributed by atoms with Crippen molar-refractivity contribution >= 4 is 5.91 Å². The number of benzene rings is 2. The van der Waals surface area contributed by atoms with E-state index in [2.05, 4.69) is 10.4 Å². The number of hydrogen-bond donors (Lipinski definition) is 1. The van der Waals surface area contributed by atoms with E-state index in [-0.39, 0.29) is 11.9 Å². The van der Waals surface area contributed by atoms with Crippen molar-refractivity contribution < 1.29 is 9.53 Å². The molecule has 0 fully saturated rings. The Balaban J connectivity index is 2.06. The Morgan fingerprint density at radius 2 is 1.92 bits per heavy atom. The molecule has 0 spiro atoms. The number of ether oxygens (including phenoxy) is 1. The van der Waals surface area contributed by atoms with Crippen LogP contribution in [-0.2, 0) is 0 Å². The molecule has 5 nitrogen and oxygen atoms in total. The van der Waals surface area contributed by atoms with Crippen molar-refractivity contribution in [3.8, 4) is 22.7 Å². The van der Waals surface area contributed by atoms with E-state index in [1.54, 1.807) is 11.8 Å². The van der Waals surface area contributed by atoms with E-state index in [9.17, 15) is 4.79 Å². The van der Waals surface area contributed by atoms with Gasteiger partial charge >= 0.3 is 0 Å². The lowest BCUT2D eigenvalue weighted by molar-refractivity contribution is 0.0931. The van der Waals surface area contributed by atoms with Crippen LogP contribution < -0.4 is 10.1 Å². The number of methoxy groups -OCH3 is 1. The zero-order chi connectivity index (χ0) is 18.5. The molecule has 0 aliphatic heterocycles. The van der Waals surface area contributed by atoms with Crippen LogP contribution in [0.3, 0.4) is 0 Å². The van der Waals surface area contributed by atoms with Gasteiger partial charge in [0.05, 0.1) is 18.5 Å². The third kappa shape index (κ3) is 3.77. The summed E-state index contributed by atoms with van der Waals surface area (Å²) in [5, 5.41) is 7.70. The Bertz CT molecular complexity index is 887. The minimum Gasteiger partial charge on any atom is -0.497 e. The lowest BCUT2D eigenvalue weighted by Crippen LogP contribution is -2.33. The molecule has 1 atom stereocenters. The van der Waals surface area contributed by atoms with E-state index >= 15 is 0 Å². The summed E-state index contributed by atoms with van der Waals surface area (Å²) >= 11 is 0. The van der Waals surface area contributed by atoms with Gasteiger partial charge in [-0.2, -0.15) is 5.10 Å². The molecule has 134 valence electrons. The summed E-state index contributed by atoms with van der Waals surface area (Å²) in [6.45, 7) is 4.03. The molecule has 2 aromatic carbocycles. The molecule has 0 saturated carbocycles. The summed E-state index contributed by atoms with van der Waals surface area (Å²) in [5.74, 6) is 0.618. The average molecular weight is 349 g/mol. The first-order valence-electron chi connectivity index (χ1n) is 8.73. The zero-order valence-electron chi connectivity index (χ0n) is 15.3. The highest BCUT2D eigenvalue weighted by molar-refractivity contribution is 5.94. The van der Waals surface area contributed by atoms with Crippen molar-refractivity contribution in [1.82, 2.24) is 15.1 Å². The highest BCUT2D eigenvalue weighted by Gasteiger charge is 2.18. The Morgan fingerprint density at radius 3 is 2.62 bits per heavy atom. The quantitative estimate of drug-likeness (QED) is 0.730. The molecule has 0 aliphatic rings. The second kappa shape index (κ2) is 7.87. The second-order valence-electron chi connectivity index (χ2n) is 6.18. The maximum absolute atomic E-state index is 12.8. The fourth-order valence-electron chi connectivity index (χ4n) is 2.63. The van der Waals surface area contributed by atoms with Crippen LogP contribution in [0.5, 0.6) is 5.75 Å². The number of carbonyl (C=O) groups is 1. The van der Waals surface area contributed by atoms with Crippen LogP contribution in [0.1, 0.15) is 30.8 Å². The number of rotatable bonds is 6. The number of amides is 1. The molecule has 5 heteroatoms. The average Bonchev–Trinajstić information content (AvgIpc) is 3.14. The first kappa shape index (κ1) is 17.7. The predicted molar refractivity (Wildman–Crippen MR) is 103 cm³/mol. The first-order chi connectivity index (χ1) is 12.6. The SMILES string of the molecule is CC[C@@H](C)NC(=O)c1cc(-c2cccc(OC)c2)nn1-c1ccccc1. The molecule has 0 saturated heterocycles. The zero-order valence-corrected chi connectivity index (χ0v) is 15.3. The molecule has 3 aromatic rings. The lowest BCUT2D eigenvalue weighted by atomic mass is 10.1. The predicted octanol–water partition coefficient (Wildman–Crippen LogP) is 4.08. The third-order valence-corrected chi connectivity index (χ3v) is 4.30. The van der Waals surface area contributed by atoms with Gasteiger partial charge < -0.3 is 10.1 Å². The summed E-state index contributed by atoms with van der Waals surface area (Å²) in [4.78, 5) is 12.8. The number of aromatic nitrogens is 2. The van der Waals surface area contributed by atoms with E-state index in [4.69, 9.17) is 4.74 Å². The summed E-state index contributed by atoms with van der Waals surface area (Å²) in [5.41, 5.74) is 2.98. The maximum Gasteiger partial charge on any atom is 0.270 e. The molecule has 1 amide bonds. The Hall–Kier alpha value is -3.08. The monoisotopic (exact) mass is 349 g/mol. The minimum absolute atomic E-state index is 0.0990. The Labute approximate surface area is 153 Å². The van der Waals surface area contributed by atoms with Gasteiger partial charge in [-0.15, -0.1) is 0 Å². The van der Waals surface area contributed by atoms with Crippen molar-refractivity contribution in [3.05, 3.63) is 66.4 Å². The topological polar surface area (TPSA) is 56.1 Å². The van der Waals surface area contributed by atoms with Crippen LogP contribution in [0.25, 0.3) is 16.9 Å². The summed E-state index contributed by atoms with van der Waals surface area (Å²) in [6, 6.07) is 19.2. The normalized spacial score (nSPS) is 11.8. The van der Waals surface area contributed by atoms with Crippen molar-refractivity contribution in [1.29, 1.82) is 0 Å². The van der Waals surface area contributed by atoms with Crippen molar-refractivity contribution in [2.75, 3.05) is 7.11 Å². The van der Waals surface area contributed by atoms with Crippen LogP contribution in [0, 0.1) is 0 Å². The molecule has 1 aromatic heterocycles. The molecule has 1 N–H and O–H groups in total. The van der Waals surface area contributed by atoms with E-state index < -0.39 is 0 Å². The standard InChI is InChI=1S/C21H23N3O2/c1-4-15(2)22-21(25)20-14-19(16-9-8-12-18(13-16)26-3)23-24(20)17-10-6-5-7-11-17/h5-15H,4H2,1-3H3,(H,22,25)/t15-/m1/s1. The fourth-order valence-corrected chi connectivity index (χ4v) is 2.63. The summed E-state index contributed by atoms with van der Waals surface area (Å²) in [6.07, 6.45) is 0.869. The van der Waals surface area contributed by atoms with Gasteiger partial charge in [-0.1, -0.05) is 37.3 Å². The molecule has 0 radical (unpaired) electrons. The number of hydrogen-bond acceptors (Lipinski definition) is 3. The van der Waals surface area contributed by atoms with Crippen LogP contribution in [0.2, 0.25) is 0 Å². The van der Waals surface area contributed by atoms with E-state index in [0.29, 0.717) is 5.69 Å². The van der Waals surface area contributed by atoms with Gasteiger partial charge in [-0.05, 0) is 43.7 Å². The highest BCUT2D eigenvalue weighted by Crippen LogP contribution is 2.25. The molecular formula is C21H23N3O2. The van der Waals surface area contributed by atoms with Gasteiger partial charge in [-0.3, -0.25) is 4.79 Å². The van der Waals surface area contributed by atoms with Crippen LogP contribution in [0.4, 0.5) is 0 Å². The summed E-state index contributed by atoms with van der Waals surface area (Å²) < 4.78 is 6.99. The third-order valence-electron chi connectivity index (χ3n) is 4.30. The molecule has 0 unspecified atom stereocenters. The molecule has 1 heterocycles. The van der Waals surface area contributed by atoms with Crippen LogP contribution in [0.15, 0.2) is 60.7 Å². The minimum atomic E-state index is -0.134. The van der Waals surface area contributed by atoms with Crippen LogP contribution >= 0.6 is 0 Å². The van der Waals surface area contributed by atoms with Crippen molar-refractivity contribution in [2.24, 2.45) is 0 Å². The van der Waals surface area contributed by atoms with Gasteiger partial charge in [0.2, 0.25) is 0 Å². The molecule has 0 aliphatic carbocycles. The van der Waals surface area contributed by atoms with E-state index in [1.807, 2.05) is 74.5 Å². The van der Waals surface area contributed by atoms with E-state index in [0.717, 1.165) is 29.1 Å². The number of carbonyl (C=O) groups excluding carboxylic acids is 1. The maximum atomic E-state index is 12.8. The molecular weight excluding hydrogens is 326 g/mol. The van der Waals surface area contributed by atoms with Gasteiger partial charge in [0.25, 0.3) is 5.91 Å². The van der Waals surface area contributed by atoms with Gasteiger partial charge in [0, 0.05) is 11.6 Å². The smallest absolute Gasteiger partial charge is 0.270 e. The summed E-state index contributed by atoms with van der Waals surface area (Å²) in [7, 11) is 1.63. The van der Waals surface area contributed by atoms with Crippen molar-refractivity contribution in [3.63, 3.8) is 0 Å².